The SMILES string of the molecule is CCN(CC)CCN[C@@H]1CCc2c(c(C(=O)NCCc3ccccc3)nn2C)C1. The van der Waals surface area contributed by atoms with Gasteiger partial charge in [-0.15, -0.1) is 0 Å². The van der Waals surface area contributed by atoms with E-state index in [4.69, 9.17) is 0 Å². The van der Waals surface area contributed by atoms with E-state index in [-0.39, 0.29) is 5.91 Å². The number of fused-ring (bicyclic) bond motifs is 1. The van der Waals surface area contributed by atoms with Gasteiger partial charge in [0.25, 0.3) is 5.91 Å². The molecule has 1 heterocycles. The number of rotatable bonds is 10. The van der Waals surface area contributed by atoms with Crippen molar-refractivity contribution in [3.8, 4) is 0 Å². The molecule has 1 aromatic carbocycles. The number of nitrogens with zero attached hydrogens (tertiary/aromatic N) is 3. The van der Waals surface area contributed by atoms with E-state index in [1.807, 2.05) is 29.9 Å². The average Bonchev–Trinajstić information content (AvgIpc) is 3.08. The highest BCUT2D eigenvalue weighted by molar-refractivity contribution is 5.94. The fourth-order valence-corrected chi connectivity index (χ4v) is 4.16. The van der Waals surface area contributed by atoms with Gasteiger partial charge in [0.05, 0.1) is 0 Å². The number of carbonyl (C=O) groups is 1. The van der Waals surface area contributed by atoms with Crippen LogP contribution in [0.3, 0.4) is 0 Å². The van der Waals surface area contributed by atoms with Gasteiger partial charge in [-0.3, -0.25) is 9.48 Å². The largest absolute Gasteiger partial charge is 0.350 e. The molecule has 2 N–H and O–H groups in total. The van der Waals surface area contributed by atoms with Gasteiger partial charge >= 0.3 is 0 Å². The van der Waals surface area contributed by atoms with Crippen LogP contribution >= 0.6 is 0 Å². The van der Waals surface area contributed by atoms with Crippen molar-refractivity contribution in [1.29, 1.82) is 0 Å². The quantitative estimate of drug-likeness (QED) is 0.645. The van der Waals surface area contributed by atoms with Crippen LogP contribution in [0.2, 0.25) is 0 Å². The van der Waals surface area contributed by atoms with Crippen molar-refractivity contribution < 1.29 is 4.79 Å². The molecule has 3 rings (SSSR count). The number of hydrogen-bond donors (Lipinski definition) is 2. The molecule has 0 saturated heterocycles. The van der Waals surface area contributed by atoms with Gasteiger partial charge in [0.2, 0.25) is 0 Å². The Morgan fingerprint density at radius 3 is 2.69 bits per heavy atom. The van der Waals surface area contributed by atoms with Gasteiger partial charge in [-0.25, -0.2) is 0 Å². The third-order valence-electron chi connectivity index (χ3n) is 5.97. The molecule has 0 aliphatic heterocycles. The Bertz CT molecular complexity index is 782. The number of likely N-dealkylation sites (N-methyl/N-ethyl adjacent to an activating group) is 1. The van der Waals surface area contributed by atoms with Crippen LogP contribution in [0.15, 0.2) is 30.3 Å². The molecule has 1 aliphatic rings. The number of aryl methyl sites for hydroxylation is 1. The first-order valence-electron chi connectivity index (χ1n) is 10.9. The maximum Gasteiger partial charge on any atom is 0.272 e. The molecule has 2 aromatic rings. The first-order chi connectivity index (χ1) is 14.1. The minimum absolute atomic E-state index is 0.0541. The fourth-order valence-electron chi connectivity index (χ4n) is 4.16. The molecule has 1 aliphatic carbocycles. The second kappa shape index (κ2) is 10.6. The molecule has 6 heteroatoms. The molecule has 29 heavy (non-hydrogen) atoms. The highest BCUT2D eigenvalue weighted by Crippen LogP contribution is 2.24. The number of carbonyl (C=O) groups excluding carboxylic acids is 1. The minimum atomic E-state index is -0.0541. The Hall–Kier alpha value is -2.18. The Balaban J connectivity index is 1.56. The van der Waals surface area contributed by atoms with Gasteiger partial charge in [-0.05, 0) is 44.3 Å². The van der Waals surface area contributed by atoms with Crippen LogP contribution in [0.1, 0.15) is 47.6 Å². The lowest BCUT2D eigenvalue weighted by molar-refractivity contribution is 0.0947. The van der Waals surface area contributed by atoms with E-state index < -0.39 is 0 Å². The summed E-state index contributed by atoms with van der Waals surface area (Å²) in [5.74, 6) is -0.0541. The zero-order valence-electron chi connectivity index (χ0n) is 18.1. The molecule has 6 nitrogen and oxygen atoms in total. The number of aromatic nitrogens is 2. The molecule has 158 valence electrons. The van der Waals surface area contributed by atoms with E-state index in [2.05, 4.69) is 46.6 Å². The van der Waals surface area contributed by atoms with E-state index in [1.165, 1.54) is 11.3 Å². The fraction of sp³-hybridized carbons (Fsp3) is 0.565. The molecule has 1 amide bonds. The van der Waals surface area contributed by atoms with Gasteiger partial charge in [0, 0.05) is 44.0 Å². The summed E-state index contributed by atoms with van der Waals surface area (Å²) >= 11 is 0. The topological polar surface area (TPSA) is 62.2 Å². The maximum absolute atomic E-state index is 12.8. The molecule has 0 saturated carbocycles. The molecule has 1 atom stereocenters. The van der Waals surface area contributed by atoms with E-state index >= 15 is 0 Å². The van der Waals surface area contributed by atoms with Crippen molar-refractivity contribution in [2.75, 3.05) is 32.7 Å². The lowest BCUT2D eigenvalue weighted by Crippen LogP contribution is -2.40. The Morgan fingerprint density at radius 1 is 1.21 bits per heavy atom. The summed E-state index contributed by atoms with van der Waals surface area (Å²) in [5, 5.41) is 11.3. The van der Waals surface area contributed by atoms with Gasteiger partial charge in [0.15, 0.2) is 5.69 Å². The second-order valence-corrected chi connectivity index (χ2v) is 7.81. The molecule has 0 bridgehead atoms. The van der Waals surface area contributed by atoms with Crippen LogP contribution in [0.4, 0.5) is 0 Å². The molecule has 0 spiro atoms. The lowest BCUT2D eigenvalue weighted by atomic mass is 9.91. The Morgan fingerprint density at radius 2 is 1.97 bits per heavy atom. The van der Waals surface area contributed by atoms with Gasteiger partial charge in [-0.2, -0.15) is 5.10 Å². The lowest BCUT2D eigenvalue weighted by Gasteiger charge is -2.26. The highest BCUT2D eigenvalue weighted by atomic mass is 16.1. The van der Waals surface area contributed by atoms with E-state index in [0.717, 1.165) is 57.4 Å². The van der Waals surface area contributed by atoms with Crippen molar-refractivity contribution >= 4 is 5.91 Å². The van der Waals surface area contributed by atoms with E-state index in [9.17, 15) is 4.79 Å². The van der Waals surface area contributed by atoms with Gasteiger partial charge in [-0.1, -0.05) is 44.2 Å². The number of hydrogen-bond acceptors (Lipinski definition) is 4. The number of benzene rings is 1. The van der Waals surface area contributed by atoms with E-state index in [1.54, 1.807) is 0 Å². The molecular formula is C23H35N5O. The predicted molar refractivity (Wildman–Crippen MR) is 117 cm³/mol. The van der Waals surface area contributed by atoms with Crippen LogP contribution in [0.25, 0.3) is 0 Å². The van der Waals surface area contributed by atoms with E-state index in [0.29, 0.717) is 18.3 Å². The average molecular weight is 398 g/mol. The predicted octanol–water partition coefficient (Wildman–Crippen LogP) is 2.18. The van der Waals surface area contributed by atoms with Crippen molar-refractivity contribution in [2.24, 2.45) is 7.05 Å². The summed E-state index contributed by atoms with van der Waals surface area (Å²) in [6, 6.07) is 10.7. The summed E-state index contributed by atoms with van der Waals surface area (Å²) in [4.78, 5) is 15.2. The number of nitrogens with one attached hydrogen (secondary N) is 2. The monoisotopic (exact) mass is 397 g/mol. The van der Waals surface area contributed by atoms with Crippen LogP contribution in [0, 0.1) is 0 Å². The molecule has 0 unspecified atom stereocenters. The van der Waals surface area contributed by atoms with Crippen molar-refractivity contribution in [2.45, 2.75) is 45.6 Å². The smallest absolute Gasteiger partial charge is 0.272 e. The number of amides is 1. The molecule has 1 aromatic heterocycles. The van der Waals surface area contributed by atoms with Gasteiger partial charge < -0.3 is 15.5 Å². The second-order valence-electron chi connectivity index (χ2n) is 7.81. The first kappa shape index (κ1) is 21.5. The highest BCUT2D eigenvalue weighted by Gasteiger charge is 2.28. The molecule has 0 fully saturated rings. The standard InChI is InChI=1S/C23H35N5O/c1-4-28(5-2)16-15-24-19-11-12-21-20(17-19)22(26-27(21)3)23(29)25-14-13-18-9-7-6-8-10-18/h6-10,19,24H,4-5,11-17H2,1-3H3,(H,25,29)/t19-/m1/s1. The van der Waals surface area contributed by atoms with Crippen molar-refractivity contribution in [3.63, 3.8) is 0 Å². The maximum atomic E-state index is 12.8. The van der Waals surface area contributed by atoms with Crippen molar-refractivity contribution in [1.82, 2.24) is 25.3 Å². The van der Waals surface area contributed by atoms with Crippen LogP contribution in [-0.2, 0) is 26.3 Å². The molecular weight excluding hydrogens is 362 g/mol. The van der Waals surface area contributed by atoms with Crippen LogP contribution in [-0.4, -0.2) is 59.4 Å². The summed E-state index contributed by atoms with van der Waals surface area (Å²) in [5.41, 5.74) is 4.16. The van der Waals surface area contributed by atoms with Crippen LogP contribution in [0.5, 0.6) is 0 Å². The van der Waals surface area contributed by atoms with Crippen molar-refractivity contribution in [3.05, 3.63) is 52.8 Å². The van der Waals surface area contributed by atoms with Crippen LogP contribution < -0.4 is 10.6 Å². The normalized spacial score (nSPS) is 16.1. The minimum Gasteiger partial charge on any atom is -0.350 e. The zero-order chi connectivity index (χ0) is 20.6. The zero-order valence-corrected chi connectivity index (χ0v) is 18.1. The Labute approximate surface area is 174 Å². The van der Waals surface area contributed by atoms with Gasteiger partial charge in [0.1, 0.15) is 0 Å². The third-order valence-corrected chi connectivity index (χ3v) is 5.97. The first-order valence-corrected chi connectivity index (χ1v) is 10.9. The molecule has 0 radical (unpaired) electrons. The summed E-state index contributed by atoms with van der Waals surface area (Å²) in [7, 11) is 1.95. The summed E-state index contributed by atoms with van der Waals surface area (Å²) < 4.78 is 1.90. The summed E-state index contributed by atoms with van der Waals surface area (Å²) in [6.45, 7) is 9.26. The third kappa shape index (κ3) is 5.67. The Kier molecular flexibility index (Phi) is 7.83. The summed E-state index contributed by atoms with van der Waals surface area (Å²) in [6.07, 6.45) is 3.78.